The summed E-state index contributed by atoms with van der Waals surface area (Å²) in [6.07, 6.45) is 4.18. The van der Waals surface area contributed by atoms with Gasteiger partial charge in [0.15, 0.2) is 0 Å². The topological polar surface area (TPSA) is 97.8 Å². The van der Waals surface area contributed by atoms with Gasteiger partial charge in [-0.05, 0) is 43.5 Å². The lowest BCUT2D eigenvalue weighted by atomic mass is 10.0. The van der Waals surface area contributed by atoms with Crippen LogP contribution in [0.1, 0.15) is 40.2 Å². The van der Waals surface area contributed by atoms with E-state index >= 15 is 0 Å². The highest BCUT2D eigenvalue weighted by Crippen LogP contribution is 2.38. The number of rotatable bonds is 6. The summed E-state index contributed by atoms with van der Waals surface area (Å²) in [6.45, 7) is 5.85. The molecule has 154 valence electrons. The summed E-state index contributed by atoms with van der Waals surface area (Å²) in [7, 11) is 0. The van der Waals surface area contributed by atoms with Crippen molar-refractivity contribution in [2.75, 3.05) is 25.1 Å². The molecule has 0 fully saturated rings. The summed E-state index contributed by atoms with van der Waals surface area (Å²) < 4.78 is 9.92. The Morgan fingerprint density at radius 1 is 1.17 bits per heavy atom. The SMILES string of the molecule is CCOC(=O)C(=O)Nc1sc2c(c1C(=O)OCC)CCN(Cc1ccncc1)C2. The van der Waals surface area contributed by atoms with Crippen molar-refractivity contribution in [2.45, 2.75) is 33.4 Å². The van der Waals surface area contributed by atoms with Crippen LogP contribution in [0, 0.1) is 0 Å². The number of nitrogens with one attached hydrogen (secondary N) is 1. The molecule has 8 nitrogen and oxygen atoms in total. The minimum Gasteiger partial charge on any atom is -0.462 e. The van der Waals surface area contributed by atoms with Crippen LogP contribution in [0.15, 0.2) is 24.5 Å². The summed E-state index contributed by atoms with van der Waals surface area (Å²) in [6, 6.07) is 3.94. The van der Waals surface area contributed by atoms with Gasteiger partial charge in [0.25, 0.3) is 0 Å². The number of fused-ring (bicyclic) bond motifs is 1. The first-order chi connectivity index (χ1) is 14.0. The molecule has 0 aliphatic carbocycles. The average molecular weight is 417 g/mol. The van der Waals surface area contributed by atoms with Crippen LogP contribution >= 0.6 is 11.3 Å². The van der Waals surface area contributed by atoms with Gasteiger partial charge < -0.3 is 14.8 Å². The van der Waals surface area contributed by atoms with Crippen LogP contribution in [0.25, 0.3) is 0 Å². The van der Waals surface area contributed by atoms with Gasteiger partial charge in [-0.1, -0.05) is 0 Å². The zero-order chi connectivity index (χ0) is 20.8. The second-order valence-electron chi connectivity index (χ2n) is 6.42. The number of esters is 2. The molecule has 0 aromatic carbocycles. The molecule has 2 aromatic rings. The maximum atomic E-state index is 12.5. The number of thiophene rings is 1. The van der Waals surface area contributed by atoms with E-state index in [0.29, 0.717) is 23.5 Å². The summed E-state index contributed by atoms with van der Waals surface area (Å²) in [5, 5.41) is 2.86. The molecule has 1 amide bonds. The molecule has 3 rings (SSSR count). The van der Waals surface area contributed by atoms with E-state index in [-0.39, 0.29) is 13.2 Å². The zero-order valence-corrected chi connectivity index (χ0v) is 17.2. The highest BCUT2D eigenvalue weighted by atomic mass is 32.1. The molecular formula is C20H23N3O5S. The quantitative estimate of drug-likeness (QED) is 0.569. The van der Waals surface area contributed by atoms with E-state index in [9.17, 15) is 14.4 Å². The number of nitrogens with zero attached hydrogens (tertiary/aromatic N) is 2. The Hall–Kier alpha value is -2.78. The van der Waals surface area contributed by atoms with Crippen molar-refractivity contribution in [3.63, 3.8) is 0 Å². The third-order valence-electron chi connectivity index (χ3n) is 4.46. The Bertz CT molecular complexity index is 897. The fourth-order valence-electron chi connectivity index (χ4n) is 3.20. The predicted molar refractivity (Wildman–Crippen MR) is 108 cm³/mol. The molecule has 9 heteroatoms. The zero-order valence-electron chi connectivity index (χ0n) is 16.4. The highest BCUT2D eigenvalue weighted by molar-refractivity contribution is 7.17. The molecule has 2 aromatic heterocycles. The third-order valence-corrected chi connectivity index (χ3v) is 5.59. The number of hydrogen-bond donors (Lipinski definition) is 1. The second-order valence-corrected chi connectivity index (χ2v) is 7.52. The second kappa shape index (κ2) is 9.62. The lowest BCUT2D eigenvalue weighted by molar-refractivity contribution is -0.152. The van der Waals surface area contributed by atoms with Gasteiger partial charge in [-0.25, -0.2) is 9.59 Å². The number of anilines is 1. The lowest BCUT2D eigenvalue weighted by Crippen LogP contribution is -2.30. The van der Waals surface area contributed by atoms with Crippen LogP contribution < -0.4 is 5.32 Å². The Balaban J connectivity index is 1.83. The summed E-state index contributed by atoms with van der Waals surface area (Å²) in [5.74, 6) is -2.37. The Kier molecular flexibility index (Phi) is 6.95. The van der Waals surface area contributed by atoms with Crippen LogP contribution in [0.4, 0.5) is 5.00 Å². The first-order valence-electron chi connectivity index (χ1n) is 9.44. The van der Waals surface area contributed by atoms with Crippen molar-refractivity contribution in [3.8, 4) is 0 Å². The van der Waals surface area contributed by atoms with Crippen LogP contribution in [0.5, 0.6) is 0 Å². The standard InChI is InChI=1S/C20H23N3O5S/c1-3-27-19(25)16-14-7-10-23(11-13-5-8-21-9-6-13)12-15(14)29-18(16)22-17(24)20(26)28-4-2/h5-6,8-9H,3-4,7,10-12H2,1-2H3,(H,22,24). The molecule has 0 radical (unpaired) electrons. The van der Waals surface area contributed by atoms with E-state index in [1.165, 1.54) is 11.3 Å². The van der Waals surface area contributed by atoms with E-state index in [2.05, 4.69) is 15.2 Å². The first kappa shape index (κ1) is 20.9. The maximum Gasteiger partial charge on any atom is 0.397 e. The molecule has 3 heterocycles. The van der Waals surface area contributed by atoms with Gasteiger partial charge in [0, 0.05) is 36.9 Å². The van der Waals surface area contributed by atoms with Gasteiger partial charge in [-0.3, -0.25) is 14.7 Å². The molecule has 29 heavy (non-hydrogen) atoms. The molecule has 0 saturated heterocycles. The minimum absolute atomic E-state index is 0.0991. The van der Waals surface area contributed by atoms with Crippen molar-refractivity contribution in [1.29, 1.82) is 0 Å². The Labute approximate surface area is 172 Å². The van der Waals surface area contributed by atoms with Gasteiger partial charge in [0.1, 0.15) is 5.00 Å². The smallest absolute Gasteiger partial charge is 0.397 e. The Morgan fingerprint density at radius 2 is 1.90 bits per heavy atom. The van der Waals surface area contributed by atoms with E-state index in [1.807, 2.05) is 12.1 Å². The van der Waals surface area contributed by atoms with Crippen LogP contribution in [0.3, 0.4) is 0 Å². The summed E-state index contributed by atoms with van der Waals surface area (Å²) >= 11 is 1.30. The molecule has 1 aliphatic rings. The monoisotopic (exact) mass is 417 g/mol. The van der Waals surface area contributed by atoms with Crippen molar-refractivity contribution in [3.05, 3.63) is 46.1 Å². The lowest BCUT2D eigenvalue weighted by Gasteiger charge is -2.27. The van der Waals surface area contributed by atoms with Crippen molar-refractivity contribution < 1.29 is 23.9 Å². The number of carbonyl (C=O) groups is 3. The number of hydrogen-bond acceptors (Lipinski definition) is 8. The van der Waals surface area contributed by atoms with E-state index < -0.39 is 17.8 Å². The fraction of sp³-hybridized carbons (Fsp3) is 0.400. The minimum atomic E-state index is -0.979. The average Bonchev–Trinajstić information content (AvgIpc) is 3.06. The highest BCUT2D eigenvalue weighted by Gasteiger charge is 2.30. The van der Waals surface area contributed by atoms with Gasteiger partial charge >= 0.3 is 17.8 Å². The largest absolute Gasteiger partial charge is 0.462 e. The van der Waals surface area contributed by atoms with E-state index in [0.717, 1.165) is 29.1 Å². The number of ether oxygens (including phenoxy) is 2. The molecular weight excluding hydrogens is 394 g/mol. The van der Waals surface area contributed by atoms with Crippen molar-refractivity contribution >= 4 is 34.2 Å². The molecule has 1 aliphatic heterocycles. The number of pyridine rings is 1. The molecule has 0 bridgehead atoms. The molecule has 0 unspecified atom stereocenters. The van der Waals surface area contributed by atoms with Gasteiger partial charge in [0.05, 0.1) is 18.8 Å². The van der Waals surface area contributed by atoms with Crippen LogP contribution in [-0.4, -0.2) is 47.5 Å². The van der Waals surface area contributed by atoms with Crippen LogP contribution in [-0.2, 0) is 38.6 Å². The summed E-state index contributed by atoms with van der Waals surface area (Å²) in [5.41, 5.74) is 2.37. The number of aromatic nitrogens is 1. The predicted octanol–water partition coefficient (Wildman–Crippen LogP) is 2.38. The fourth-order valence-corrected chi connectivity index (χ4v) is 4.47. The number of amides is 1. The van der Waals surface area contributed by atoms with Crippen molar-refractivity contribution in [1.82, 2.24) is 9.88 Å². The molecule has 0 saturated carbocycles. The summed E-state index contributed by atoms with van der Waals surface area (Å²) in [4.78, 5) is 43.6. The molecule has 0 spiro atoms. The van der Waals surface area contributed by atoms with Gasteiger partial charge in [-0.2, -0.15) is 0 Å². The molecule has 1 N–H and O–H groups in total. The van der Waals surface area contributed by atoms with E-state index in [4.69, 9.17) is 9.47 Å². The van der Waals surface area contributed by atoms with Crippen molar-refractivity contribution in [2.24, 2.45) is 0 Å². The first-order valence-corrected chi connectivity index (χ1v) is 10.3. The van der Waals surface area contributed by atoms with Gasteiger partial charge in [-0.15, -0.1) is 11.3 Å². The normalized spacial score (nSPS) is 13.4. The maximum absolute atomic E-state index is 12.5. The Morgan fingerprint density at radius 3 is 2.59 bits per heavy atom. The van der Waals surface area contributed by atoms with Crippen LogP contribution in [0.2, 0.25) is 0 Å². The number of carbonyl (C=O) groups excluding carboxylic acids is 3. The molecule has 0 atom stereocenters. The third kappa shape index (κ3) is 4.99. The van der Waals surface area contributed by atoms with Gasteiger partial charge in [0.2, 0.25) is 0 Å². The van der Waals surface area contributed by atoms with E-state index in [1.54, 1.807) is 26.2 Å².